The molecular formula is C9H16N2. The minimum absolute atomic E-state index is 0.326. The summed E-state index contributed by atoms with van der Waals surface area (Å²) < 4.78 is 0. The van der Waals surface area contributed by atoms with Crippen LogP contribution in [0.4, 0.5) is 0 Å². The molecule has 11 heavy (non-hydrogen) atoms. The summed E-state index contributed by atoms with van der Waals surface area (Å²) >= 11 is 0. The molecule has 1 aliphatic rings. The highest BCUT2D eigenvalue weighted by atomic mass is 15.1. The number of hydrogen-bond acceptors (Lipinski definition) is 2. The third-order valence-corrected chi connectivity index (χ3v) is 1.69. The minimum atomic E-state index is 0.326. The summed E-state index contributed by atoms with van der Waals surface area (Å²) in [7, 11) is 0. The molecule has 0 unspecified atom stereocenters. The Morgan fingerprint density at radius 1 is 1.36 bits per heavy atom. The molecule has 2 heteroatoms. The van der Waals surface area contributed by atoms with Crippen LogP contribution in [0, 0.1) is 0 Å². The van der Waals surface area contributed by atoms with Crippen LogP contribution in [0.25, 0.3) is 0 Å². The van der Waals surface area contributed by atoms with Gasteiger partial charge in [0.05, 0.1) is 0 Å². The second-order valence-corrected chi connectivity index (χ2v) is 2.71. The van der Waals surface area contributed by atoms with Gasteiger partial charge in [-0.3, -0.25) is 0 Å². The monoisotopic (exact) mass is 152 g/mol. The van der Waals surface area contributed by atoms with Crippen LogP contribution >= 0.6 is 0 Å². The highest BCUT2D eigenvalue weighted by Crippen LogP contribution is 1.96. The van der Waals surface area contributed by atoms with E-state index in [0.717, 1.165) is 0 Å². The molecule has 0 aliphatic carbocycles. The van der Waals surface area contributed by atoms with Crippen molar-refractivity contribution in [3.05, 3.63) is 24.6 Å². The first-order chi connectivity index (χ1) is 5.43. The van der Waals surface area contributed by atoms with Crippen LogP contribution in [0.5, 0.6) is 0 Å². The van der Waals surface area contributed by atoms with Gasteiger partial charge in [-0.2, -0.15) is 0 Å². The molecule has 2 N–H and O–H groups in total. The Bertz CT molecular complexity index is 142. The first-order valence-electron chi connectivity index (χ1n) is 4.27. The van der Waals surface area contributed by atoms with E-state index in [1.54, 1.807) is 0 Å². The normalized spacial score (nSPS) is 17.2. The summed E-state index contributed by atoms with van der Waals surface area (Å²) in [6.07, 6.45) is 12.3. The molecule has 0 atom stereocenters. The molecule has 0 aromatic rings. The molecule has 0 amide bonds. The van der Waals surface area contributed by atoms with Crippen LogP contribution in [0.2, 0.25) is 0 Å². The highest BCUT2D eigenvalue weighted by molar-refractivity contribution is 5.01. The maximum absolute atomic E-state index is 3.16. The summed E-state index contributed by atoms with van der Waals surface area (Å²) in [4.78, 5) is 0. The fraction of sp³-hybridized carbons (Fsp3) is 0.556. The summed E-state index contributed by atoms with van der Waals surface area (Å²) in [5.41, 5.74) is 0. The summed E-state index contributed by atoms with van der Waals surface area (Å²) in [5, 5.41) is 6.31. The van der Waals surface area contributed by atoms with E-state index in [4.69, 9.17) is 0 Å². The smallest absolute Gasteiger partial charge is 0.115 e. The predicted molar refractivity (Wildman–Crippen MR) is 47.9 cm³/mol. The summed E-state index contributed by atoms with van der Waals surface area (Å²) in [5.74, 6) is 0. The van der Waals surface area contributed by atoms with Gasteiger partial charge in [-0.05, 0) is 12.5 Å². The van der Waals surface area contributed by atoms with E-state index >= 15 is 0 Å². The zero-order chi connectivity index (χ0) is 7.94. The van der Waals surface area contributed by atoms with Crippen molar-refractivity contribution in [2.75, 3.05) is 0 Å². The molecule has 1 aliphatic heterocycles. The summed E-state index contributed by atoms with van der Waals surface area (Å²) in [6, 6.07) is 0. The van der Waals surface area contributed by atoms with Gasteiger partial charge >= 0.3 is 0 Å². The molecular weight excluding hydrogens is 136 g/mol. The molecule has 62 valence electrons. The molecule has 0 bridgehead atoms. The Kier molecular flexibility index (Phi) is 3.59. The second-order valence-electron chi connectivity index (χ2n) is 2.71. The lowest BCUT2D eigenvalue weighted by Crippen LogP contribution is -2.27. The van der Waals surface area contributed by atoms with Gasteiger partial charge < -0.3 is 10.6 Å². The number of allylic oxidation sites excluding steroid dienone is 1. The fourth-order valence-electron chi connectivity index (χ4n) is 1.02. The Labute approximate surface area is 68.4 Å². The lowest BCUT2D eigenvalue weighted by atomic mass is 10.2. The largest absolute Gasteiger partial charge is 0.367 e. The maximum atomic E-state index is 3.16. The van der Waals surface area contributed by atoms with Crippen LogP contribution in [-0.2, 0) is 0 Å². The molecule has 0 aromatic carbocycles. The molecule has 0 saturated carbocycles. The number of unbranched alkanes of at least 4 members (excludes halogenated alkanes) is 2. The van der Waals surface area contributed by atoms with Crippen LogP contribution in [0.15, 0.2) is 24.6 Å². The zero-order valence-electron chi connectivity index (χ0n) is 7.01. The van der Waals surface area contributed by atoms with E-state index in [1.165, 1.54) is 19.3 Å². The van der Waals surface area contributed by atoms with Gasteiger partial charge in [-0.25, -0.2) is 0 Å². The quantitative estimate of drug-likeness (QED) is 0.473. The molecule has 1 rings (SSSR count). The SMILES string of the molecule is CCCC/C=C/C1NC=CN1. The third-order valence-electron chi connectivity index (χ3n) is 1.69. The first-order valence-corrected chi connectivity index (χ1v) is 4.27. The van der Waals surface area contributed by atoms with Crippen molar-refractivity contribution in [3.63, 3.8) is 0 Å². The molecule has 0 spiro atoms. The molecule has 0 aromatic heterocycles. The van der Waals surface area contributed by atoms with Gasteiger partial charge in [0.25, 0.3) is 0 Å². The van der Waals surface area contributed by atoms with Crippen LogP contribution in [-0.4, -0.2) is 6.17 Å². The van der Waals surface area contributed by atoms with Gasteiger partial charge in [0.1, 0.15) is 6.17 Å². The van der Waals surface area contributed by atoms with Crippen molar-refractivity contribution in [1.29, 1.82) is 0 Å². The van der Waals surface area contributed by atoms with Crippen molar-refractivity contribution < 1.29 is 0 Å². The van der Waals surface area contributed by atoms with Crippen molar-refractivity contribution in [2.45, 2.75) is 32.4 Å². The molecule has 0 radical (unpaired) electrons. The van der Waals surface area contributed by atoms with E-state index < -0.39 is 0 Å². The summed E-state index contributed by atoms with van der Waals surface area (Å²) in [6.45, 7) is 2.21. The zero-order valence-corrected chi connectivity index (χ0v) is 7.01. The van der Waals surface area contributed by atoms with E-state index in [2.05, 4.69) is 29.7 Å². The Hall–Kier alpha value is -0.920. The molecule has 0 fully saturated rings. The van der Waals surface area contributed by atoms with E-state index in [9.17, 15) is 0 Å². The predicted octanol–water partition coefficient (Wildman–Crippen LogP) is 1.72. The van der Waals surface area contributed by atoms with Crippen LogP contribution in [0.3, 0.4) is 0 Å². The Morgan fingerprint density at radius 3 is 2.73 bits per heavy atom. The maximum Gasteiger partial charge on any atom is 0.115 e. The van der Waals surface area contributed by atoms with Crippen molar-refractivity contribution in [1.82, 2.24) is 10.6 Å². The standard InChI is InChI=1S/C9H16N2/c1-2-3-4-5-6-9-10-7-8-11-9/h5-11H,2-4H2,1H3/b6-5+. The highest BCUT2D eigenvalue weighted by Gasteiger charge is 2.00. The molecule has 1 heterocycles. The average Bonchev–Trinajstić information content (AvgIpc) is 2.50. The number of rotatable bonds is 4. The van der Waals surface area contributed by atoms with Crippen LogP contribution in [0.1, 0.15) is 26.2 Å². The van der Waals surface area contributed by atoms with E-state index in [0.29, 0.717) is 6.17 Å². The molecule has 2 nitrogen and oxygen atoms in total. The Balaban J connectivity index is 2.04. The topological polar surface area (TPSA) is 24.1 Å². The van der Waals surface area contributed by atoms with E-state index in [1.807, 2.05) is 12.4 Å². The van der Waals surface area contributed by atoms with Gasteiger partial charge in [-0.1, -0.05) is 25.8 Å². The van der Waals surface area contributed by atoms with Crippen molar-refractivity contribution in [3.8, 4) is 0 Å². The van der Waals surface area contributed by atoms with Gasteiger partial charge in [0.15, 0.2) is 0 Å². The first kappa shape index (κ1) is 8.18. The number of nitrogens with one attached hydrogen (secondary N) is 2. The molecule has 0 saturated heterocycles. The number of hydrogen-bond donors (Lipinski definition) is 2. The van der Waals surface area contributed by atoms with Gasteiger partial charge in [-0.15, -0.1) is 0 Å². The lowest BCUT2D eigenvalue weighted by Gasteiger charge is -2.04. The fourth-order valence-corrected chi connectivity index (χ4v) is 1.02. The third kappa shape index (κ3) is 3.12. The van der Waals surface area contributed by atoms with E-state index in [-0.39, 0.29) is 0 Å². The second kappa shape index (κ2) is 4.83. The van der Waals surface area contributed by atoms with Crippen LogP contribution < -0.4 is 10.6 Å². The van der Waals surface area contributed by atoms with Gasteiger partial charge in [0, 0.05) is 12.4 Å². The average molecular weight is 152 g/mol. The van der Waals surface area contributed by atoms with Crippen molar-refractivity contribution in [2.24, 2.45) is 0 Å². The Morgan fingerprint density at radius 2 is 2.09 bits per heavy atom. The van der Waals surface area contributed by atoms with Gasteiger partial charge in [0.2, 0.25) is 0 Å². The minimum Gasteiger partial charge on any atom is -0.367 e. The van der Waals surface area contributed by atoms with Crippen molar-refractivity contribution >= 4 is 0 Å². The lowest BCUT2D eigenvalue weighted by molar-refractivity contribution is 0.682.